The average molecular weight is 459 g/mol. The van der Waals surface area contributed by atoms with Crippen molar-refractivity contribution in [2.24, 2.45) is 0 Å². The van der Waals surface area contributed by atoms with Gasteiger partial charge in [-0.1, -0.05) is 54.6 Å². The summed E-state index contributed by atoms with van der Waals surface area (Å²) in [4.78, 5) is 0. The quantitative estimate of drug-likeness (QED) is 0.262. The topological polar surface area (TPSA) is 36.5 Å². The first kappa shape index (κ1) is 20.8. The van der Waals surface area contributed by atoms with Crippen molar-refractivity contribution in [2.75, 3.05) is 0 Å². The molecule has 6 aromatic rings. The molecule has 5 heteroatoms. The number of fused-ring (bicyclic) bond motifs is 6. The Morgan fingerprint density at radius 1 is 0.629 bits per heavy atom. The molecule has 0 saturated carbocycles. The van der Waals surface area contributed by atoms with Crippen LogP contribution in [0.4, 0.5) is 0 Å². The van der Waals surface area contributed by atoms with Gasteiger partial charge in [-0.15, -0.1) is 0 Å². The van der Waals surface area contributed by atoms with Crippen LogP contribution in [0.5, 0.6) is 0 Å². The van der Waals surface area contributed by atoms with Crippen molar-refractivity contribution in [3.8, 4) is 5.69 Å². The standard InChI is InChI=1S/C30H26BNO3/c1-29(2)30(3,4)35-31(34-29)19-16-17-22-27(18-19)33-26-15-9-14-25(28(22)26)32-23-12-7-5-10-20(23)21-11-6-8-13-24(21)32/h5-18H,1-4H3. The van der Waals surface area contributed by atoms with Crippen molar-refractivity contribution in [1.82, 2.24) is 4.57 Å². The van der Waals surface area contributed by atoms with E-state index < -0.39 is 7.12 Å². The molecule has 35 heavy (non-hydrogen) atoms. The van der Waals surface area contributed by atoms with E-state index in [9.17, 15) is 0 Å². The molecule has 0 spiro atoms. The van der Waals surface area contributed by atoms with Crippen molar-refractivity contribution >= 4 is 56.3 Å². The van der Waals surface area contributed by atoms with E-state index in [1.165, 1.54) is 21.8 Å². The predicted molar refractivity (Wildman–Crippen MR) is 144 cm³/mol. The van der Waals surface area contributed by atoms with Crippen LogP contribution in [-0.2, 0) is 9.31 Å². The summed E-state index contributed by atoms with van der Waals surface area (Å²) in [6, 6.07) is 29.8. The summed E-state index contributed by atoms with van der Waals surface area (Å²) in [7, 11) is -0.422. The van der Waals surface area contributed by atoms with Crippen LogP contribution in [0.25, 0.3) is 49.4 Å². The Labute approximate surface area is 204 Å². The fourth-order valence-corrected chi connectivity index (χ4v) is 5.32. The molecule has 0 bridgehead atoms. The Morgan fingerprint density at radius 3 is 1.91 bits per heavy atom. The van der Waals surface area contributed by atoms with E-state index in [0.717, 1.165) is 33.1 Å². The molecule has 172 valence electrons. The molecule has 0 amide bonds. The highest BCUT2D eigenvalue weighted by molar-refractivity contribution is 6.62. The molecule has 0 aliphatic carbocycles. The Balaban J connectivity index is 1.46. The van der Waals surface area contributed by atoms with Crippen LogP contribution >= 0.6 is 0 Å². The van der Waals surface area contributed by atoms with Gasteiger partial charge in [0.2, 0.25) is 0 Å². The van der Waals surface area contributed by atoms with Crippen molar-refractivity contribution in [1.29, 1.82) is 0 Å². The smallest absolute Gasteiger partial charge is 0.456 e. The fourth-order valence-electron chi connectivity index (χ4n) is 5.32. The molecule has 3 heterocycles. The first-order valence-corrected chi connectivity index (χ1v) is 12.1. The molecular formula is C30H26BNO3. The number of aromatic nitrogens is 1. The molecule has 1 aliphatic heterocycles. The maximum Gasteiger partial charge on any atom is 0.494 e. The van der Waals surface area contributed by atoms with Crippen LogP contribution in [0.3, 0.4) is 0 Å². The van der Waals surface area contributed by atoms with Crippen molar-refractivity contribution in [3.63, 3.8) is 0 Å². The third kappa shape index (κ3) is 2.89. The van der Waals surface area contributed by atoms with E-state index in [4.69, 9.17) is 13.7 Å². The van der Waals surface area contributed by atoms with Gasteiger partial charge in [-0.3, -0.25) is 0 Å². The lowest BCUT2D eigenvalue weighted by molar-refractivity contribution is 0.00578. The van der Waals surface area contributed by atoms with Gasteiger partial charge < -0.3 is 18.3 Å². The van der Waals surface area contributed by atoms with Crippen molar-refractivity contribution < 1.29 is 13.7 Å². The van der Waals surface area contributed by atoms with Gasteiger partial charge >= 0.3 is 7.12 Å². The van der Waals surface area contributed by atoms with E-state index in [2.05, 4.69) is 111 Å². The monoisotopic (exact) mass is 459 g/mol. The molecule has 7 rings (SSSR count). The van der Waals surface area contributed by atoms with Gasteiger partial charge in [0.25, 0.3) is 0 Å². The normalized spacial score (nSPS) is 17.3. The van der Waals surface area contributed by atoms with E-state index in [0.29, 0.717) is 0 Å². The van der Waals surface area contributed by atoms with Crippen LogP contribution in [0.2, 0.25) is 0 Å². The van der Waals surface area contributed by atoms with Crippen LogP contribution in [-0.4, -0.2) is 22.9 Å². The first-order valence-electron chi connectivity index (χ1n) is 12.1. The first-order chi connectivity index (χ1) is 16.8. The summed E-state index contributed by atoms with van der Waals surface area (Å²) >= 11 is 0. The van der Waals surface area contributed by atoms with Gasteiger partial charge in [-0.2, -0.15) is 0 Å². The summed E-state index contributed by atoms with van der Waals surface area (Å²) in [6.07, 6.45) is 0. The predicted octanol–water partition coefficient (Wildman–Crippen LogP) is 6.98. The number of hydrogen-bond donors (Lipinski definition) is 0. The third-order valence-corrected chi connectivity index (χ3v) is 7.85. The Bertz CT molecular complexity index is 1710. The number of furan rings is 1. The number of para-hydroxylation sites is 2. The number of hydrogen-bond acceptors (Lipinski definition) is 3. The lowest BCUT2D eigenvalue weighted by Gasteiger charge is -2.32. The molecule has 0 atom stereocenters. The van der Waals surface area contributed by atoms with E-state index in [1.54, 1.807) is 0 Å². The lowest BCUT2D eigenvalue weighted by atomic mass is 9.79. The summed E-state index contributed by atoms with van der Waals surface area (Å²) in [5.41, 5.74) is 5.38. The third-order valence-electron chi connectivity index (χ3n) is 7.85. The molecular weight excluding hydrogens is 433 g/mol. The van der Waals surface area contributed by atoms with Gasteiger partial charge in [-0.25, -0.2) is 0 Å². The molecule has 0 unspecified atom stereocenters. The van der Waals surface area contributed by atoms with Crippen molar-refractivity contribution in [3.05, 3.63) is 84.9 Å². The van der Waals surface area contributed by atoms with E-state index in [1.807, 2.05) is 6.07 Å². The maximum absolute atomic E-state index is 6.40. The lowest BCUT2D eigenvalue weighted by Crippen LogP contribution is -2.41. The van der Waals surface area contributed by atoms with Crippen LogP contribution in [0, 0.1) is 0 Å². The van der Waals surface area contributed by atoms with E-state index >= 15 is 0 Å². The molecule has 4 nitrogen and oxygen atoms in total. The minimum absolute atomic E-state index is 0.385. The van der Waals surface area contributed by atoms with Gasteiger partial charge in [0.15, 0.2) is 0 Å². The average Bonchev–Trinajstić information content (AvgIpc) is 3.45. The maximum atomic E-state index is 6.40. The van der Waals surface area contributed by atoms with E-state index in [-0.39, 0.29) is 11.2 Å². The number of nitrogens with zero attached hydrogens (tertiary/aromatic N) is 1. The fraction of sp³-hybridized carbons (Fsp3) is 0.200. The molecule has 0 N–H and O–H groups in total. The second-order valence-electron chi connectivity index (χ2n) is 10.5. The Kier molecular flexibility index (Phi) is 4.16. The summed E-state index contributed by atoms with van der Waals surface area (Å²) in [5.74, 6) is 0. The number of rotatable bonds is 2. The molecule has 0 radical (unpaired) electrons. The Morgan fingerprint density at radius 2 is 1.26 bits per heavy atom. The SMILES string of the molecule is CC1(C)OB(c2ccc3c(c2)oc2cccc(-n4c5ccccc5c5ccccc54)c23)OC1(C)C. The minimum Gasteiger partial charge on any atom is -0.456 e. The second kappa shape index (κ2) is 7.00. The van der Waals surface area contributed by atoms with Gasteiger partial charge in [-0.05, 0) is 63.5 Å². The largest absolute Gasteiger partial charge is 0.494 e. The molecule has 1 fully saturated rings. The zero-order valence-corrected chi connectivity index (χ0v) is 20.3. The zero-order chi connectivity index (χ0) is 23.9. The van der Waals surface area contributed by atoms with Crippen LogP contribution in [0.1, 0.15) is 27.7 Å². The van der Waals surface area contributed by atoms with Gasteiger partial charge in [0, 0.05) is 16.2 Å². The van der Waals surface area contributed by atoms with Gasteiger partial charge in [0.05, 0.1) is 33.3 Å². The molecule has 1 saturated heterocycles. The molecule has 2 aromatic heterocycles. The summed E-state index contributed by atoms with van der Waals surface area (Å²) < 4.78 is 21.3. The highest BCUT2D eigenvalue weighted by atomic mass is 16.7. The van der Waals surface area contributed by atoms with Gasteiger partial charge in [0.1, 0.15) is 11.2 Å². The zero-order valence-electron chi connectivity index (χ0n) is 20.3. The second-order valence-corrected chi connectivity index (χ2v) is 10.5. The van der Waals surface area contributed by atoms with Crippen molar-refractivity contribution in [2.45, 2.75) is 38.9 Å². The highest BCUT2D eigenvalue weighted by Gasteiger charge is 2.51. The van der Waals surface area contributed by atoms with Crippen LogP contribution in [0.15, 0.2) is 89.3 Å². The highest BCUT2D eigenvalue weighted by Crippen LogP contribution is 2.39. The molecule has 1 aliphatic rings. The Hall–Kier alpha value is -3.54. The summed E-state index contributed by atoms with van der Waals surface area (Å²) in [5, 5.41) is 4.68. The molecule has 4 aromatic carbocycles. The summed E-state index contributed by atoms with van der Waals surface area (Å²) in [6.45, 7) is 8.30. The van der Waals surface area contributed by atoms with Crippen LogP contribution < -0.4 is 5.46 Å². The number of benzene rings is 4. The minimum atomic E-state index is -0.422.